The number of pyridine rings is 1. The Morgan fingerprint density at radius 1 is 0.962 bits per heavy atom. The molecule has 0 bridgehead atoms. The van der Waals surface area contributed by atoms with Gasteiger partial charge in [-0.1, -0.05) is 11.2 Å². The maximum Gasteiger partial charge on any atom is 0.136 e. The van der Waals surface area contributed by atoms with E-state index >= 15 is 0 Å². The monoisotopic (exact) mass is 350 g/mol. The maximum atomic E-state index is 6.06. The molecule has 0 atom stereocenters. The number of hydrogen-bond acceptors (Lipinski definition) is 4. The molecule has 26 heavy (non-hydrogen) atoms. The lowest BCUT2D eigenvalue weighted by Gasteiger charge is -2.14. The van der Waals surface area contributed by atoms with Crippen LogP contribution >= 0.6 is 0 Å². The van der Waals surface area contributed by atoms with Crippen LogP contribution in [-0.4, -0.2) is 16.7 Å². The predicted molar refractivity (Wildman–Crippen MR) is 103 cm³/mol. The van der Waals surface area contributed by atoms with Crippen molar-refractivity contribution < 1.29 is 9.26 Å². The molecular formula is C22H26N2O2. The molecule has 3 aromatic rings. The third-order valence-electron chi connectivity index (χ3n) is 4.41. The van der Waals surface area contributed by atoms with E-state index in [9.17, 15) is 0 Å². The predicted octanol–water partition coefficient (Wildman–Crippen LogP) is 5.45. The SMILES string of the molecule is Cc1cc(CCCCCOc2c(C)cc(-c3ccccn3)cc2C)on1. The Morgan fingerprint density at radius 3 is 2.42 bits per heavy atom. The van der Waals surface area contributed by atoms with Crippen molar-refractivity contribution in [3.63, 3.8) is 0 Å². The third-order valence-corrected chi connectivity index (χ3v) is 4.41. The van der Waals surface area contributed by atoms with E-state index in [2.05, 4.69) is 36.1 Å². The first-order valence-corrected chi connectivity index (χ1v) is 9.21. The molecular weight excluding hydrogens is 324 g/mol. The van der Waals surface area contributed by atoms with Crippen molar-refractivity contribution in [1.82, 2.24) is 10.1 Å². The Bertz CT molecular complexity index is 817. The number of rotatable bonds is 8. The van der Waals surface area contributed by atoms with Crippen LogP contribution in [0.5, 0.6) is 5.75 Å². The van der Waals surface area contributed by atoms with Gasteiger partial charge in [0.2, 0.25) is 0 Å². The van der Waals surface area contributed by atoms with E-state index in [0.29, 0.717) is 0 Å². The van der Waals surface area contributed by atoms with Crippen LogP contribution < -0.4 is 4.74 Å². The van der Waals surface area contributed by atoms with Crippen LogP contribution in [0.4, 0.5) is 0 Å². The molecule has 0 aliphatic rings. The number of aromatic nitrogens is 2. The van der Waals surface area contributed by atoms with E-state index in [1.807, 2.05) is 37.4 Å². The topological polar surface area (TPSA) is 48.2 Å². The highest BCUT2D eigenvalue weighted by Gasteiger charge is 2.08. The smallest absolute Gasteiger partial charge is 0.136 e. The van der Waals surface area contributed by atoms with Gasteiger partial charge in [-0.3, -0.25) is 4.98 Å². The number of ether oxygens (including phenoxy) is 1. The zero-order valence-corrected chi connectivity index (χ0v) is 15.8. The molecule has 4 nitrogen and oxygen atoms in total. The number of nitrogens with zero attached hydrogens (tertiary/aromatic N) is 2. The highest BCUT2D eigenvalue weighted by molar-refractivity contribution is 5.63. The molecule has 0 aliphatic heterocycles. The molecule has 0 unspecified atom stereocenters. The fourth-order valence-electron chi connectivity index (χ4n) is 3.15. The minimum absolute atomic E-state index is 0.736. The van der Waals surface area contributed by atoms with Gasteiger partial charge in [-0.25, -0.2) is 0 Å². The lowest BCUT2D eigenvalue weighted by atomic mass is 10.0. The van der Waals surface area contributed by atoms with Gasteiger partial charge in [-0.15, -0.1) is 0 Å². The molecule has 0 radical (unpaired) electrons. The summed E-state index contributed by atoms with van der Waals surface area (Å²) in [7, 11) is 0. The lowest BCUT2D eigenvalue weighted by molar-refractivity contribution is 0.299. The third kappa shape index (κ3) is 4.72. The second-order valence-electron chi connectivity index (χ2n) is 6.75. The zero-order chi connectivity index (χ0) is 18.4. The molecule has 136 valence electrons. The summed E-state index contributed by atoms with van der Waals surface area (Å²) in [6.07, 6.45) is 6.01. The summed E-state index contributed by atoms with van der Waals surface area (Å²) >= 11 is 0. The van der Waals surface area contributed by atoms with Gasteiger partial charge in [0, 0.05) is 24.2 Å². The van der Waals surface area contributed by atoms with Gasteiger partial charge in [0.05, 0.1) is 18.0 Å². The van der Waals surface area contributed by atoms with Gasteiger partial charge in [0.25, 0.3) is 0 Å². The summed E-state index contributed by atoms with van der Waals surface area (Å²) in [6.45, 7) is 6.88. The second-order valence-corrected chi connectivity index (χ2v) is 6.75. The van der Waals surface area contributed by atoms with Gasteiger partial charge in [0.1, 0.15) is 11.5 Å². The normalized spacial score (nSPS) is 10.9. The van der Waals surface area contributed by atoms with E-state index in [0.717, 1.165) is 71.9 Å². The summed E-state index contributed by atoms with van der Waals surface area (Å²) in [5, 5.41) is 3.92. The molecule has 4 heteroatoms. The molecule has 0 amide bonds. The average molecular weight is 350 g/mol. The van der Waals surface area contributed by atoms with Gasteiger partial charge in [-0.05, 0) is 75.4 Å². The van der Waals surface area contributed by atoms with Crippen molar-refractivity contribution in [2.24, 2.45) is 0 Å². The Balaban J connectivity index is 1.49. The summed E-state index contributed by atoms with van der Waals surface area (Å²) in [6, 6.07) is 12.3. The van der Waals surface area contributed by atoms with Crippen LogP contribution in [0.1, 0.15) is 41.8 Å². The molecule has 0 N–H and O–H groups in total. The number of hydrogen-bond donors (Lipinski definition) is 0. The number of aryl methyl sites for hydroxylation is 4. The highest BCUT2D eigenvalue weighted by atomic mass is 16.5. The van der Waals surface area contributed by atoms with Gasteiger partial charge in [0.15, 0.2) is 0 Å². The van der Waals surface area contributed by atoms with Crippen LogP contribution in [0, 0.1) is 20.8 Å². The van der Waals surface area contributed by atoms with Crippen molar-refractivity contribution in [2.45, 2.75) is 46.5 Å². The second kappa shape index (κ2) is 8.65. The molecule has 0 fully saturated rings. The van der Waals surface area contributed by atoms with E-state index in [4.69, 9.17) is 9.26 Å². The van der Waals surface area contributed by atoms with E-state index in [-0.39, 0.29) is 0 Å². The van der Waals surface area contributed by atoms with Crippen molar-refractivity contribution in [3.8, 4) is 17.0 Å². The van der Waals surface area contributed by atoms with Crippen molar-refractivity contribution >= 4 is 0 Å². The molecule has 0 saturated carbocycles. The molecule has 0 saturated heterocycles. The number of unbranched alkanes of at least 4 members (excludes halogenated alkanes) is 2. The first kappa shape index (κ1) is 18.2. The van der Waals surface area contributed by atoms with Gasteiger partial charge in [-0.2, -0.15) is 0 Å². The van der Waals surface area contributed by atoms with Crippen LogP contribution in [0.2, 0.25) is 0 Å². The van der Waals surface area contributed by atoms with Crippen LogP contribution in [-0.2, 0) is 6.42 Å². The molecule has 3 rings (SSSR count). The largest absolute Gasteiger partial charge is 0.493 e. The summed E-state index contributed by atoms with van der Waals surface area (Å²) in [5.74, 6) is 1.97. The molecule has 2 heterocycles. The van der Waals surface area contributed by atoms with Crippen LogP contribution in [0.25, 0.3) is 11.3 Å². The lowest BCUT2D eigenvalue weighted by Crippen LogP contribution is -2.01. The van der Waals surface area contributed by atoms with Crippen molar-refractivity contribution in [1.29, 1.82) is 0 Å². The number of benzene rings is 1. The highest BCUT2D eigenvalue weighted by Crippen LogP contribution is 2.29. The zero-order valence-electron chi connectivity index (χ0n) is 15.8. The first-order valence-electron chi connectivity index (χ1n) is 9.21. The Labute approximate surface area is 155 Å². The fraction of sp³-hybridized carbons (Fsp3) is 0.364. The standard InChI is InChI=1S/C22H26N2O2/c1-16-13-19(21-10-6-7-11-23-21)14-17(2)22(16)25-12-8-4-5-9-20-15-18(3)24-26-20/h6-7,10-11,13-15H,4-5,8-9,12H2,1-3H3. The summed E-state index contributed by atoms with van der Waals surface area (Å²) < 4.78 is 11.3. The molecule has 0 aliphatic carbocycles. The summed E-state index contributed by atoms with van der Waals surface area (Å²) in [4.78, 5) is 4.43. The van der Waals surface area contributed by atoms with Crippen LogP contribution in [0.3, 0.4) is 0 Å². The minimum atomic E-state index is 0.736. The van der Waals surface area contributed by atoms with Crippen molar-refractivity contribution in [3.05, 3.63) is 65.2 Å². The summed E-state index contributed by atoms with van der Waals surface area (Å²) in [5.41, 5.74) is 5.39. The molecule has 1 aromatic carbocycles. The Kier molecular flexibility index (Phi) is 6.05. The Hall–Kier alpha value is -2.62. The average Bonchev–Trinajstić information content (AvgIpc) is 3.05. The quantitative estimate of drug-likeness (QED) is 0.507. The van der Waals surface area contributed by atoms with Gasteiger partial charge < -0.3 is 9.26 Å². The van der Waals surface area contributed by atoms with E-state index in [1.165, 1.54) is 0 Å². The molecule has 2 aromatic heterocycles. The van der Waals surface area contributed by atoms with Gasteiger partial charge >= 0.3 is 0 Å². The van der Waals surface area contributed by atoms with Crippen molar-refractivity contribution in [2.75, 3.05) is 6.61 Å². The van der Waals surface area contributed by atoms with E-state index < -0.39 is 0 Å². The maximum absolute atomic E-state index is 6.06. The van der Waals surface area contributed by atoms with E-state index in [1.54, 1.807) is 0 Å². The Morgan fingerprint density at radius 2 is 1.77 bits per heavy atom. The first-order chi connectivity index (χ1) is 12.6. The van der Waals surface area contributed by atoms with Crippen LogP contribution in [0.15, 0.2) is 47.1 Å². The molecule has 0 spiro atoms. The fourth-order valence-corrected chi connectivity index (χ4v) is 3.15. The minimum Gasteiger partial charge on any atom is -0.493 e.